The van der Waals surface area contributed by atoms with Crippen molar-refractivity contribution in [3.63, 3.8) is 0 Å². The lowest BCUT2D eigenvalue weighted by atomic mass is 10.3. The molecule has 0 aromatic carbocycles. The molecule has 5 nitrogen and oxygen atoms in total. The second kappa shape index (κ2) is 8.24. The molecule has 0 atom stereocenters. The molecule has 0 unspecified atom stereocenters. The maximum absolute atomic E-state index is 5.58. The van der Waals surface area contributed by atoms with E-state index in [2.05, 4.69) is 23.0 Å². The molecule has 0 saturated heterocycles. The highest BCUT2D eigenvalue weighted by atomic mass is 16.5. The number of hydrogen-bond acceptors (Lipinski definition) is 4. The molecule has 1 aromatic heterocycles. The van der Waals surface area contributed by atoms with Crippen LogP contribution in [0.3, 0.4) is 0 Å². The average Bonchev–Trinajstić information content (AvgIpc) is 2.73. The van der Waals surface area contributed by atoms with Gasteiger partial charge < -0.3 is 10.5 Å². The van der Waals surface area contributed by atoms with Gasteiger partial charge in [0.1, 0.15) is 0 Å². The molecule has 5 heteroatoms. The predicted octanol–water partition coefficient (Wildman–Crippen LogP) is 0.780. The summed E-state index contributed by atoms with van der Waals surface area (Å²) < 4.78 is 7.12. The van der Waals surface area contributed by atoms with Crippen LogP contribution in [0.5, 0.6) is 0 Å². The third-order valence-corrected chi connectivity index (χ3v) is 3.07. The molecule has 0 aliphatic heterocycles. The molecule has 0 aliphatic carbocycles. The van der Waals surface area contributed by atoms with E-state index in [0.717, 1.165) is 51.3 Å². The summed E-state index contributed by atoms with van der Waals surface area (Å²) in [7, 11) is 3.74. The quantitative estimate of drug-likeness (QED) is 0.707. The summed E-state index contributed by atoms with van der Waals surface area (Å²) in [5, 5.41) is 4.48. The molecule has 0 fully saturated rings. The summed E-state index contributed by atoms with van der Waals surface area (Å²) in [6, 6.07) is 2.18. The van der Waals surface area contributed by atoms with Crippen molar-refractivity contribution in [2.45, 2.75) is 26.3 Å². The van der Waals surface area contributed by atoms with Crippen molar-refractivity contribution >= 4 is 0 Å². The molecule has 1 rings (SSSR count). The molecule has 0 radical (unpaired) electrons. The zero-order chi connectivity index (χ0) is 13.4. The Morgan fingerprint density at radius 2 is 2.22 bits per heavy atom. The highest BCUT2D eigenvalue weighted by molar-refractivity contribution is 5.10. The molecular formula is C13H26N4O. The van der Waals surface area contributed by atoms with E-state index >= 15 is 0 Å². The number of aryl methyl sites for hydroxylation is 2. The van der Waals surface area contributed by atoms with Crippen LogP contribution in [-0.2, 0) is 24.8 Å². The van der Waals surface area contributed by atoms with E-state index in [-0.39, 0.29) is 0 Å². The Morgan fingerprint density at radius 3 is 2.78 bits per heavy atom. The monoisotopic (exact) mass is 254 g/mol. The van der Waals surface area contributed by atoms with Crippen molar-refractivity contribution < 1.29 is 4.74 Å². The van der Waals surface area contributed by atoms with Gasteiger partial charge in [-0.25, -0.2) is 0 Å². The van der Waals surface area contributed by atoms with E-state index in [4.69, 9.17) is 10.5 Å². The molecule has 0 bridgehead atoms. The van der Waals surface area contributed by atoms with E-state index in [0.29, 0.717) is 0 Å². The van der Waals surface area contributed by atoms with E-state index in [1.165, 1.54) is 5.69 Å². The highest BCUT2D eigenvalue weighted by Gasteiger charge is 2.09. The third-order valence-electron chi connectivity index (χ3n) is 3.07. The first kappa shape index (κ1) is 15.1. The van der Waals surface area contributed by atoms with Gasteiger partial charge in [-0.1, -0.05) is 6.92 Å². The van der Waals surface area contributed by atoms with Gasteiger partial charge in [0.2, 0.25) is 0 Å². The summed E-state index contributed by atoms with van der Waals surface area (Å²) in [5.41, 5.74) is 7.98. The smallest absolute Gasteiger partial charge is 0.0625 e. The Kier molecular flexibility index (Phi) is 6.93. The van der Waals surface area contributed by atoms with Crippen molar-refractivity contribution in [1.29, 1.82) is 0 Å². The Labute approximate surface area is 110 Å². The highest BCUT2D eigenvalue weighted by Crippen LogP contribution is 2.08. The average molecular weight is 254 g/mol. The summed E-state index contributed by atoms with van der Waals surface area (Å²) in [5.74, 6) is 0. The van der Waals surface area contributed by atoms with Gasteiger partial charge in [-0.2, -0.15) is 5.10 Å². The zero-order valence-corrected chi connectivity index (χ0v) is 11.9. The normalized spacial score (nSPS) is 11.4. The largest absolute Gasteiger partial charge is 0.383 e. The van der Waals surface area contributed by atoms with Crippen molar-refractivity contribution in [2.24, 2.45) is 12.8 Å². The van der Waals surface area contributed by atoms with Crippen LogP contribution >= 0.6 is 0 Å². The van der Waals surface area contributed by atoms with Crippen LogP contribution in [0.2, 0.25) is 0 Å². The van der Waals surface area contributed by atoms with E-state index in [1.54, 1.807) is 7.11 Å². The minimum Gasteiger partial charge on any atom is -0.383 e. The second-order valence-electron chi connectivity index (χ2n) is 4.52. The molecule has 0 spiro atoms. The third kappa shape index (κ3) is 4.76. The van der Waals surface area contributed by atoms with Crippen LogP contribution in [0, 0.1) is 0 Å². The van der Waals surface area contributed by atoms with Crippen molar-refractivity contribution in [1.82, 2.24) is 14.7 Å². The van der Waals surface area contributed by atoms with E-state index in [1.807, 2.05) is 11.7 Å². The van der Waals surface area contributed by atoms with Gasteiger partial charge in [-0.3, -0.25) is 9.58 Å². The van der Waals surface area contributed by atoms with Crippen molar-refractivity contribution in [3.05, 3.63) is 17.5 Å². The first-order valence-corrected chi connectivity index (χ1v) is 6.64. The van der Waals surface area contributed by atoms with Crippen LogP contribution in [0.25, 0.3) is 0 Å². The van der Waals surface area contributed by atoms with Crippen molar-refractivity contribution in [2.75, 3.05) is 33.4 Å². The fourth-order valence-electron chi connectivity index (χ4n) is 1.93. The predicted molar refractivity (Wildman–Crippen MR) is 73.4 cm³/mol. The van der Waals surface area contributed by atoms with Crippen LogP contribution < -0.4 is 5.73 Å². The maximum atomic E-state index is 5.58. The van der Waals surface area contributed by atoms with Gasteiger partial charge >= 0.3 is 0 Å². The Hall–Kier alpha value is -0.910. The number of ether oxygens (including phenoxy) is 1. The molecule has 104 valence electrons. The van der Waals surface area contributed by atoms with Gasteiger partial charge in [0.25, 0.3) is 0 Å². The first-order valence-electron chi connectivity index (χ1n) is 6.64. The summed E-state index contributed by atoms with van der Waals surface area (Å²) in [6.45, 7) is 6.46. The van der Waals surface area contributed by atoms with Gasteiger partial charge in [-0.05, 0) is 32.0 Å². The molecule has 1 aromatic rings. The van der Waals surface area contributed by atoms with Gasteiger partial charge in [0, 0.05) is 27.2 Å². The lowest BCUT2D eigenvalue weighted by molar-refractivity contribution is 0.142. The van der Waals surface area contributed by atoms with Crippen LogP contribution in [-0.4, -0.2) is 48.0 Å². The Balaban J connectivity index is 2.59. The summed E-state index contributed by atoms with van der Waals surface area (Å²) in [6.07, 6.45) is 2.00. The Morgan fingerprint density at radius 1 is 1.44 bits per heavy atom. The number of methoxy groups -OCH3 is 1. The molecule has 1 heterocycles. The summed E-state index contributed by atoms with van der Waals surface area (Å²) in [4.78, 5) is 2.37. The maximum Gasteiger partial charge on any atom is 0.0625 e. The first-order chi connectivity index (χ1) is 8.71. The lowest BCUT2D eigenvalue weighted by Gasteiger charge is -2.21. The van der Waals surface area contributed by atoms with Gasteiger partial charge in [0.05, 0.1) is 18.0 Å². The Bertz CT molecular complexity index is 330. The lowest BCUT2D eigenvalue weighted by Crippen LogP contribution is -2.30. The molecule has 2 N–H and O–H groups in total. The zero-order valence-electron chi connectivity index (χ0n) is 11.9. The van der Waals surface area contributed by atoms with Gasteiger partial charge in [0.15, 0.2) is 0 Å². The fraction of sp³-hybridized carbons (Fsp3) is 0.769. The SMILES string of the molecule is CCc1cc(CN(CCCN)CCOC)n(C)n1. The standard InChI is InChI=1S/C13H26N4O/c1-4-12-10-13(16(2)15-12)11-17(7-5-6-14)8-9-18-3/h10H,4-9,11,14H2,1-3H3. The second-order valence-corrected chi connectivity index (χ2v) is 4.52. The molecule has 0 saturated carbocycles. The minimum absolute atomic E-state index is 0.731. The van der Waals surface area contributed by atoms with Crippen LogP contribution in [0.4, 0.5) is 0 Å². The molecule has 0 amide bonds. The number of rotatable bonds is 9. The number of nitrogens with zero attached hydrogens (tertiary/aromatic N) is 3. The topological polar surface area (TPSA) is 56.3 Å². The number of hydrogen-bond donors (Lipinski definition) is 1. The molecular weight excluding hydrogens is 228 g/mol. The molecule has 0 aliphatic rings. The number of aromatic nitrogens is 2. The van der Waals surface area contributed by atoms with E-state index < -0.39 is 0 Å². The van der Waals surface area contributed by atoms with Crippen LogP contribution in [0.15, 0.2) is 6.07 Å². The van der Waals surface area contributed by atoms with Crippen LogP contribution in [0.1, 0.15) is 24.7 Å². The summed E-state index contributed by atoms with van der Waals surface area (Å²) >= 11 is 0. The van der Waals surface area contributed by atoms with Gasteiger partial charge in [-0.15, -0.1) is 0 Å². The fourth-order valence-corrected chi connectivity index (χ4v) is 1.93. The number of nitrogens with two attached hydrogens (primary N) is 1. The van der Waals surface area contributed by atoms with E-state index in [9.17, 15) is 0 Å². The minimum atomic E-state index is 0.731. The van der Waals surface area contributed by atoms with Crippen molar-refractivity contribution in [3.8, 4) is 0 Å². The molecule has 18 heavy (non-hydrogen) atoms.